The van der Waals surface area contributed by atoms with Crippen LogP contribution in [0.15, 0.2) is 48.5 Å². The number of halogens is 1. The second-order valence-corrected chi connectivity index (χ2v) is 6.67. The fourth-order valence-electron chi connectivity index (χ4n) is 3.07. The molecular formula is C20H23ClN2O2. The van der Waals surface area contributed by atoms with Crippen molar-refractivity contribution >= 4 is 17.5 Å². The number of nitrogens with zero attached hydrogens (tertiary/aromatic N) is 1. The van der Waals surface area contributed by atoms with E-state index in [-0.39, 0.29) is 11.9 Å². The SMILES string of the molecule is Cc1ccc([C@@H](CNC(=O)c2ccccc2Cl)N2CCOCC2)cc1. The maximum Gasteiger partial charge on any atom is 0.252 e. The third-order valence-corrected chi connectivity index (χ3v) is 4.85. The number of rotatable bonds is 5. The molecule has 1 aliphatic rings. The zero-order valence-corrected chi connectivity index (χ0v) is 15.1. The number of morpholine rings is 1. The van der Waals surface area contributed by atoms with E-state index in [1.165, 1.54) is 11.1 Å². The first-order chi connectivity index (χ1) is 12.1. The monoisotopic (exact) mass is 358 g/mol. The predicted molar refractivity (Wildman–Crippen MR) is 100 cm³/mol. The first-order valence-electron chi connectivity index (χ1n) is 8.56. The van der Waals surface area contributed by atoms with Crippen LogP contribution in [0.5, 0.6) is 0 Å². The summed E-state index contributed by atoms with van der Waals surface area (Å²) < 4.78 is 5.47. The van der Waals surface area contributed by atoms with E-state index in [9.17, 15) is 4.79 Å². The van der Waals surface area contributed by atoms with E-state index < -0.39 is 0 Å². The van der Waals surface area contributed by atoms with Crippen LogP contribution in [0.2, 0.25) is 5.02 Å². The van der Waals surface area contributed by atoms with Gasteiger partial charge in [0.1, 0.15) is 0 Å². The highest BCUT2D eigenvalue weighted by Gasteiger charge is 2.23. The molecule has 1 N–H and O–H groups in total. The Bertz CT molecular complexity index is 712. The topological polar surface area (TPSA) is 41.6 Å². The molecule has 0 unspecified atom stereocenters. The summed E-state index contributed by atoms with van der Waals surface area (Å²) in [7, 11) is 0. The molecule has 25 heavy (non-hydrogen) atoms. The molecule has 1 fully saturated rings. The number of hydrogen-bond acceptors (Lipinski definition) is 3. The number of ether oxygens (including phenoxy) is 1. The Labute approximate surface area is 153 Å². The highest BCUT2D eigenvalue weighted by atomic mass is 35.5. The molecule has 0 bridgehead atoms. The third-order valence-electron chi connectivity index (χ3n) is 4.52. The van der Waals surface area contributed by atoms with E-state index in [0.717, 1.165) is 26.3 Å². The third kappa shape index (κ3) is 4.60. The van der Waals surface area contributed by atoms with Gasteiger partial charge in [0.15, 0.2) is 0 Å². The average molecular weight is 359 g/mol. The van der Waals surface area contributed by atoms with Crippen LogP contribution in [0.4, 0.5) is 0 Å². The Kier molecular flexibility index (Phi) is 6.08. The molecule has 1 heterocycles. The number of carbonyl (C=O) groups is 1. The fraction of sp³-hybridized carbons (Fsp3) is 0.350. The van der Waals surface area contributed by atoms with Crippen LogP contribution in [-0.2, 0) is 4.74 Å². The normalized spacial score (nSPS) is 16.4. The van der Waals surface area contributed by atoms with Crippen molar-refractivity contribution in [1.29, 1.82) is 0 Å². The minimum absolute atomic E-state index is 0.121. The predicted octanol–water partition coefficient (Wildman–Crippen LogP) is 3.45. The van der Waals surface area contributed by atoms with Crippen LogP contribution in [0.1, 0.15) is 27.5 Å². The van der Waals surface area contributed by atoms with Crippen LogP contribution in [0, 0.1) is 6.92 Å². The van der Waals surface area contributed by atoms with Crippen LogP contribution >= 0.6 is 11.6 Å². The molecule has 1 aliphatic heterocycles. The summed E-state index contributed by atoms with van der Waals surface area (Å²) in [5.74, 6) is -0.143. The molecule has 1 amide bonds. The Balaban J connectivity index is 1.74. The summed E-state index contributed by atoms with van der Waals surface area (Å²) in [5.41, 5.74) is 2.94. The molecule has 3 rings (SSSR count). The van der Waals surface area contributed by atoms with E-state index in [1.54, 1.807) is 12.1 Å². The van der Waals surface area contributed by atoms with Gasteiger partial charge in [0.2, 0.25) is 0 Å². The lowest BCUT2D eigenvalue weighted by molar-refractivity contribution is 0.0162. The molecule has 0 saturated carbocycles. The van der Waals surface area contributed by atoms with Crippen molar-refractivity contribution < 1.29 is 9.53 Å². The second kappa shape index (κ2) is 8.48. The molecule has 1 saturated heterocycles. The standard InChI is InChI=1S/C20H23ClN2O2/c1-15-6-8-16(9-7-15)19(23-10-12-25-13-11-23)14-22-20(24)17-4-2-3-5-18(17)21/h2-9,19H,10-14H2,1H3,(H,22,24)/t19-/m1/s1. The van der Waals surface area contributed by atoms with Crippen molar-refractivity contribution in [3.8, 4) is 0 Å². The Hall–Kier alpha value is -1.88. The lowest BCUT2D eigenvalue weighted by atomic mass is 10.0. The lowest BCUT2D eigenvalue weighted by Gasteiger charge is -2.35. The van der Waals surface area contributed by atoms with E-state index in [1.807, 2.05) is 12.1 Å². The van der Waals surface area contributed by atoms with Gasteiger partial charge in [-0.15, -0.1) is 0 Å². The van der Waals surface area contributed by atoms with Gasteiger partial charge in [-0.1, -0.05) is 53.6 Å². The zero-order valence-electron chi connectivity index (χ0n) is 14.4. The first kappa shape index (κ1) is 17.9. The quantitative estimate of drug-likeness (QED) is 0.890. The van der Waals surface area contributed by atoms with Crippen molar-refractivity contribution in [2.45, 2.75) is 13.0 Å². The number of aryl methyl sites for hydroxylation is 1. The first-order valence-corrected chi connectivity index (χ1v) is 8.94. The van der Waals surface area contributed by atoms with Crippen molar-refractivity contribution in [2.24, 2.45) is 0 Å². The maximum atomic E-state index is 12.5. The number of carbonyl (C=O) groups excluding carboxylic acids is 1. The van der Waals surface area contributed by atoms with Crippen molar-refractivity contribution in [3.63, 3.8) is 0 Å². The van der Waals surface area contributed by atoms with Crippen molar-refractivity contribution in [2.75, 3.05) is 32.8 Å². The van der Waals surface area contributed by atoms with Crippen molar-refractivity contribution in [1.82, 2.24) is 10.2 Å². The second-order valence-electron chi connectivity index (χ2n) is 6.26. The molecule has 132 valence electrons. The van der Waals surface area contributed by atoms with Gasteiger partial charge in [0.25, 0.3) is 5.91 Å². The highest BCUT2D eigenvalue weighted by Crippen LogP contribution is 2.22. The summed E-state index contributed by atoms with van der Waals surface area (Å²) >= 11 is 6.13. The van der Waals surface area contributed by atoms with Crippen LogP contribution < -0.4 is 5.32 Å². The maximum absolute atomic E-state index is 12.5. The van der Waals surface area contributed by atoms with Gasteiger partial charge < -0.3 is 10.1 Å². The van der Waals surface area contributed by atoms with Crippen LogP contribution in [0.3, 0.4) is 0 Å². The van der Waals surface area contributed by atoms with E-state index >= 15 is 0 Å². The smallest absolute Gasteiger partial charge is 0.252 e. The highest BCUT2D eigenvalue weighted by molar-refractivity contribution is 6.33. The number of hydrogen-bond donors (Lipinski definition) is 1. The lowest BCUT2D eigenvalue weighted by Crippen LogP contribution is -2.43. The number of amides is 1. The summed E-state index contributed by atoms with van der Waals surface area (Å²) in [5, 5.41) is 3.52. The van der Waals surface area contributed by atoms with E-state index in [0.29, 0.717) is 17.1 Å². The molecule has 0 radical (unpaired) electrons. The average Bonchev–Trinajstić information content (AvgIpc) is 2.64. The molecule has 1 atom stereocenters. The molecule has 4 nitrogen and oxygen atoms in total. The molecule has 5 heteroatoms. The largest absolute Gasteiger partial charge is 0.379 e. The van der Waals surface area contributed by atoms with Gasteiger partial charge in [-0.3, -0.25) is 9.69 Å². The van der Waals surface area contributed by atoms with Crippen LogP contribution in [-0.4, -0.2) is 43.7 Å². The molecule has 0 aromatic heterocycles. The van der Waals surface area contributed by atoms with Gasteiger partial charge in [-0.25, -0.2) is 0 Å². The Morgan fingerprint density at radius 1 is 1.16 bits per heavy atom. The molecule has 0 spiro atoms. The fourth-order valence-corrected chi connectivity index (χ4v) is 3.29. The minimum atomic E-state index is -0.143. The summed E-state index contributed by atoms with van der Waals surface area (Å²) in [6.45, 7) is 5.78. The van der Waals surface area contributed by atoms with Gasteiger partial charge in [-0.2, -0.15) is 0 Å². The van der Waals surface area contributed by atoms with Crippen LogP contribution in [0.25, 0.3) is 0 Å². The molecule has 2 aromatic rings. The van der Waals surface area contributed by atoms with E-state index in [2.05, 4.69) is 41.4 Å². The number of benzene rings is 2. The van der Waals surface area contributed by atoms with Gasteiger partial charge >= 0.3 is 0 Å². The molecule has 0 aliphatic carbocycles. The zero-order chi connectivity index (χ0) is 17.6. The summed E-state index contributed by atoms with van der Waals surface area (Å²) in [4.78, 5) is 14.9. The summed E-state index contributed by atoms with van der Waals surface area (Å²) in [6.07, 6.45) is 0. The summed E-state index contributed by atoms with van der Waals surface area (Å²) in [6, 6.07) is 15.7. The van der Waals surface area contributed by atoms with Gasteiger partial charge in [0.05, 0.1) is 29.8 Å². The minimum Gasteiger partial charge on any atom is -0.379 e. The van der Waals surface area contributed by atoms with E-state index in [4.69, 9.17) is 16.3 Å². The molecular weight excluding hydrogens is 336 g/mol. The van der Waals surface area contributed by atoms with Crippen molar-refractivity contribution in [3.05, 3.63) is 70.2 Å². The van der Waals surface area contributed by atoms with Gasteiger partial charge in [-0.05, 0) is 24.6 Å². The molecule has 2 aromatic carbocycles. The number of nitrogens with one attached hydrogen (secondary N) is 1. The Morgan fingerprint density at radius 3 is 2.52 bits per heavy atom. The Morgan fingerprint density at radius 2 is 1.84 bits per heavy atom. The van der Waals surface area contributed by atoms with Gasteiger partial charge in [0, 0.05) is 19.6 Å².